The fourth-order valence-electron chi connectivity index (χ4n) is 4.28. The zero-order chi connectivity index (χ0) is 21.3. The van der Waals surface area contributed by atoms with E-state index in [1.54, 1.807) is 30.0 Å². The van der Waals surface area contributed by atoms with Crippen molar-refractivity contribution in [2.75, 3.05) is 29.9 Å². The highest BCUT2D eigenvalue weighted by Gasteiger charge is 2.25. The summed E-state index contributed by atoms with van der Waals surface area (Å²) in [5.74, 6) is 0.370. The smallest absolute Gasteiger partial charge is 0.349 e. The zero-order valence-corrected chi connectivity index (χ0v) is 18.6. The molecule has 2 aromatic rings. The lowest BCUT2D eigenvalue weighted by molar-refractivity contribution is -0.117. The Morgan fingerprint density at radius 2 is 1.97 bits per heavy atom. The van der Waals surface area contributed by atoms with Gasteiger partial charge in [0.2, 0.25) is 5.91 Å². The molecule has 2 N–H and O–H groups in total. The first-order valence-electron chi connectivity index (χ1n) is 10.5. The van der Waals surface area contributed by atoms with Gasteiger partial charge >= 0.3 is 5.63 Å². The Bertz CT molecular complexity index is 1040. The van der Waals surface area contributed by atoms with Crippen molar-refractivity contribution in [3.8, 4) is 0 Å². The second kappa shape index (κ2) is 9.66. The van der Waals surface area contributed by atoms with Crippen molar-refractivity contribution in [1.82, 2.24) is 5.32 Å². The molecule has 7 nitrogen and oxygen atoms in total. The first-order chi connectivity index (χ1) is 14.4. The number of nitrogens with zero attached hydrogens (tertiary/aromatic N) is 1. The minimum atomic E-state index is -0.616. The molecule has 2 fully saturated rings. The molecule has 1 atom stereocenters. The minimum Gasteiger partial charge on any atom is -0.427 e. The van der Waals surface area contributed by atoms with Crippen LogP contribution in [0.25, 0.3) is 0 Å². The molecule has 2 amide bonds. The predicted molar refractivity (Wildman–Crippen MR) is 123 cm³/mol. The molecule has 2 aliphatic heterocycles. The number of hydrogen-bond acceptors (Lipinski definition) is 5. The molecule has 166 valence electrons. The van der Waals surface area contributed by atoms with Gasteiger partial charge in [0, 0.05) is 36.8 Å². The van der Waals surface area contributed by atoms with Gasteiger partial charge in [-0.05, 0) is 69.0 Å². The molecule has 2 saturated heterocycles. The van der Waals surface area contributed by atoms with Crippen molar-refractivity contribution in [2.24, 2.45) is 0 Å². The summed E-state index contributed by atoms with van der Waals surface area (Å²) < 4.78 is 5.52. The van der Waals surface area contributed by atoms with Gasteiger partial charge in [0.1, 0.15) is 11.3 Å². The van der Waals surface area contributed by atoms with E-state index in [9.17, 15) is 14.4 Å². The lowest BCUT2D eigenvalue weighted by Gasteiger charge is -2.22. The van der Waals surface area contributed by atoms with Crippen LogP contribution in [0.2, 0.25) is 0 Å². The number of amides is 2. The Hall–Kier alpha value is -2.64. The molecular formula is C23H28ClN3O4. The van der Waals surface area contributed by atoms with Crippen molar-refractivity contribution >= 4 is 35.6 Å². The van der Waals surface area contributed by atoms with Crippen molar-refractivity contribution < 1.29 is 14.0 Å². The fraction of sp³-hybridized carbons (Fsp3) is 0.435. The van der Waals surface area contributed by atoms with Crippen LogP contribution >= 0.6 is 12.4 Å². The first-order valence-corrected chi connectivity index (χ1v) is 10.5. The third-order valence-electron chi connectivity index (χ3n) is 5.93. The topological polar surface area (TPSA) is 91.7 Å². The van der Waals surface area contributed by atoms with Gasteiger partial charge in [0.15, 0.2) is 0 Å². The van der Waals surface area contributed by atoms with E-state index < -0.39 is 11.5 Å². The van der Waals surface area contributed by atoms with Gasteiger partial charge in [-0.15, -0.1) is 12.4 Å². The average Bonchev–Trinajstić information content (AvgIpc) is 3.15. The molecule has 1 aromatic carbocycles. The summed E-state index contributed by atoms with van der Waals surface area (Å²) in [4.78, 5) is 39.3. The second-order valence-corrected chi connectivity index (χ2v) is 8.14. The average molecular weight is 446 g/mol. The highest BCUT2D eigenvalue weighted by Crippen LogP contribution is 2.29. The molecule has 0 bridgehead atoms. The van der Waals surface area contributed by atoms with Crippen LogP contribution in [0.1, 0.15) is 58.8 Å². The van der Waals surface area contributed by atoms with Gasteiger partial charge in [0.05, 0.1) is 0 Å². The maximum absolute atomic E-state index is 12.9. The molecule has 0 spiro atoms. The summed E-state index contributed by atoms with van der Waals surface area (Å²) in [6.07, 6.45) is 3.37. The Labute approximate surface area is 187 Å². The van der Waals surface area contributed by atoms with E-state index in [0.717, 1.165) is 43.6 Å². The van der Waals surface area contributed by atoms with E-state index in [4.69, 9.17) is 4.42 Å². The zero-order valence-electron chi connectivity index (χ0n) is 17.8. The lowest BCUT2D eigenvalue weighted by Crippen LogP contribution is -2.30. The molecule has 1 unspecified atom stereocenters. The molecule has 3 heterocycles. The molecule has 8 heteroatoms. The van der Waals surface area contributed by atoms with Crippen LogP contribution < -0.4 is 21.2 Å². The third-order valence-corrected chi connectivity index (χ3v) is 5.93. The summed E-state index contributed by atoms with van der Waals surface area (Å²) >= 11 is 0. The number of anilines is 2. The van der Waals surface area contributed by atoms with Crippen LogP contribution in [0.15, 0.2) is 33.5 Å². The number of nitrogens with one attached hydrogen (secondary N) is 2. The highest BCUT2D eigenvalue weighted by molar-refractivity contribution is 6.05. The SMILES string of the molecule is Cc1ccc(NC(=O)c2c(C)cc(C3CCCNC3)oc2=O)cc1N1CCCC1=O.Cl. The number of aryl methyl sites for hydroxylation is 2. The fourth-order valence-corrected chi connectivity index (χ4v) is 4.28. The van der Waals surface area contributed by atoms with Crippen LogP contribution in [-0.2, 0) is 4.79 Å². The Balaban J connectivity index is 0.00000272. The molecular weight excluding hydrogens is 418 g/mol. The van der Waals surface area contributed by atoms with Crippen molar-refractivity contribution in [1.29, 1.82) is 0 Å². The number of carbonyl (C=O) groups is 2. The Kier molecular flexibility index (Phi) is 7.18. The molecule has 4 rings (SSSR count). The number of benzene rings is 1. The molecule has 1 aromatic heterocycles. The number of hydrogen-bond donors (Lipinski definition) is 2. The van der Waals surface area contributed by atoms with E-state index in [0.29, 0.717) is 30.0 Å². The van der Waals surface area contributed by atoms with Gasteiger partial charge in [-0.3, -0.25) is 9.59 Å². The van der Waals surface area contributed by atoms with Gasteiger partial charge in [-0.1, -0.05) is 6.07 Å². The van der Waals surface area contributed by atoms with Crippen LogP contribution in [-0.4, -0.2) is 31.4 Å². The number of piperidine rings is 1. The van der Waals surface area contributed by atoms with Gasteiger partial charge in [-0.2, -0.15) is 0 Å². The second-order valence-electron chi connectivity index (χ2n) is 8.14. The van der Waals surface area contributed by atoms with E-state index in [2.05, 4.69) is 10.6 Å². The lowest BCUT2D eigenvalue weighted by atomic mass is 9.95. The van der Waals surface area contributed by atoms with E-state index in [-0.39, 0.29) is 29.8 Å². The maximum Gasteiger partial charge on any atom is 0.349 e. The van der Waals surface area contributed by atoms with Gasteiger partial charge in [-0.25, -0.2) is 4.79 Å². The highest BCUT2D eigenvalue weighted by atomic mass is 35.5. The van der Waals surface area contributed by atoms with E-state index in [1.807, 2.05) is 13.0 Å². The number of halogens is 1. The van der Waals surface area contributed by atoms with Crippen molar-refractivity contribution in [3.63, 3.8) is 0 Å². The summed E-state index contributed by atoms with van der Waals surface area (Å²) in [5, 5.41) is 6.10. The number of carbonyl (C=O) groups excluding carboxylic acids is 2. The third kappa shape index (κ3) is 4.83. The normalized spacial score (nSPS) is 18.6. The Morgan fingerprint density at radius 1 is 1.16 bits per heavy atom. The molecule has 0 aliphatic carbocycles. The van der Waals surface area contributed by atoms with Crippen molar-refractivity contribution in [2.45, 2.75) is 45.4 Å². The molecule has 0 saturated carbocycles. The van der Waals surface area contributed by atoms with Crippen LogP contribution in [0.3, 0.4) is 0 Å². The molecule has 31 heavy (non-hydrogen) atoms. The van der Waals surface area contributed by atoms with Gasteiger partial charge in [0.25, 0.3) is 5.91 Å². The Morgan fingerprint density at radius 3 is 2.61 bits per heavy atom. The summed E-state index contributed by atoms with van der Waals surface area (Å²) in [6.45, 7) is 6.12. The summed E-state index contributed by atoms with van der Waals surface area (Å²) in [6, 6.07) is 7.23. The largest absolute Gasteiger partial charge is 0.427 e. The predicted octanol–water partition coefficient (Wildman–Crippen LogP) is 3.52. The van der Waals surface area contributed by atoms with Crippen LogP contribution in [0, 0.1) is 13.8 Å². The summed E-state index contributed by atoms with van der Waals surface area (Å²) in [5.41, 5.74) is 2.30. The standard InChI is InChI=1S/C23H27N3O4.ClH/c1-14-7-8-17(12-18(14)26-10-4-6-20(26)27)25-22(28)21-15(2)11-19(30-23(21)29)16-5-3-9-24-13-16;/h7-8,11-12,16,24H,3-6,9-10,13H2,1-2H3,(H,25,28);1H. The van der Waals surface area contributed by atoms with Crippen molar-refractivity contribution in [3.05, 3.63) is 57.1 Å². The summed E-state index contributed by atoms with van der Waals surface area (Å²) in [7, 11) is 0. The quantitative estimate of drug-likeness (QED) is 0.751. The maximum atomic E-state index is 12.9. The van der Waals surface area contributed by atoms with E-state index >= 15 is 0 Å². The number of rotatable bonds is 4. The monoisotopic (exact) mass is 445 g/mol. The van der Waals surface area contributed by atoms with E-state index in [1.165, 1.54) is 0 Å². The minimum absolute atomic E-state index is 0. The van der Waals surface area contributed by atoms with Crippen LogP contribution in [0.4, 0.5) is 11.4 Å². The van der Waals surface area contributed by atoms with Crippen LogP contribution in [0.5, 0.6) is 0 Å². The van der Waals surface area contributed by atoms with Gasteiger partial charge < -0.3 is 20.0 Å². The molecule has 2 aliphatic rings. The first kappa shape index (κ1) is 23.0. The molecule has 0 radical (unpaired) electrons.